The summed E-state index contributed by atoms with van der Waals surface area (Å²) in [5, 5.41) is 0. The number of hydrogen-bond donors (Lipinski definition) is 0. The fourth-order valence-corrected chi connectivity index (χ4v) is 4.67. The minimum atomic E-state index is -3.04. The number of rotatable bonds is 6. The Hall–Kier alpha value is -2.09. The topological polar surface area (TPSA) is 84.0 Å². The van der Waals surface area contributed by atoms with Crippen LogP contribution < -0.4 is 9.64 Å². The first kappa shape index (κ1) is 19.2. The van der Waals surface area contributed by atoms with Crippen LogP contribution in [0.25, 0.3) is 0 Å². The Morgan fingerprint density at radius 3 is 2.36 bits per heavy atom. The van der Waals surface area contributed by atoms with E-state index in [4.69, 9.17) is 4.74 Å². The molecule has 7 nitrogen and oxygen atoms in total. The van der Waals surface area contributed by atoms with Crippen molar-refractivity contribution in [1.82, 2.24) is 4.90 Å². The van der Waals surface area contributed by atoms with Gasteiger partial charge in [0.2, 0.25) is 11.8 Å². The summed E-state index contributed by atoms with van der Waals surface area (Å²) < 4.78 is 28.2. The molecule has 0 aromatic heterocycles. The Balaban J connectivity index is 1.98. The molecule has 1 saturated heterocycles. The summed E-state index contributed by atoms with van der Waals surface area (Å²) in [7, 11) is 0.151. The van der Waals surface area contributed by atoms with Crippen LogP contribution in [0.15, 0.2) is 24.3 Å². The van der Waals surface area contributed by atoms with Gasteiger partial charge in [0.1, 0.15) is 5.75 Å². The van der Waals surface area contributed by atoms with Crippen molar-refractivity contribution in [2.24, 2.45) is 0 Å². The predicted octanol–water partition coefficient (Wildman–Crippen LogP) is 1.08. The molecule has 2 amide bonds. The molecule has 1 aromatic rings. The molecule has 0 bridgehead atoms. The van der Waals surface area contributed by atoms with Crippen LogP contribution in [0, 0.1) is 0 Å². The molecule has 0 radical (unpaired) electrons. The Morgan fingerprint density at radius 2 is 1.88 bits per heavy atom. The summed E-state index contributed by atoms with van der Waals surface area (Å²) in [4.78, 5) is 27.3. The molecule has 1 fully saturated rings. The van der Waals surface area contributed by atoms with E-state index in [1.54, 1.807) is 38.4 Å². The molecule has 25 heavy (non-hydrogen) atoms. The summed E-state index contributed by atoms with van der Waals surface area (Å²) in [6, 6.07) is 6.76. The van der Waals surface area contributed by atoms with Crippen molar-refractivity contribution in [3.63, 3.8) is 0 Å². The molecule has 2 rings (SSSR count). The molecule has 1 aliphatic heterocycles. The molecule has 1 aromatic carbocycles. The number of methoxy groups -OCH3 is 1. The van der Waals surface area contributed by atoms with Crippen molar-refractivity contribution in [2.45, 2.75) is 25.8 Å². The monoisotopic (exact) mass is 368 g/mol. The van der Waals surface area contributed by atoms with E-state index in [2.05, 4.69) is 0 Å². The normalized spacial score (nSPS) is 18.6. The largest absolute Gasteiger partial charge is 0.497 e. The zero-order chi connectivity index (χ0) is 18.6. The molecule has 138 valence electrons. The Kier molecular flexibility index (Phi) is 6.05. The highest BCUT2D eigenvalue weighted by Crippen LogP contribution is 2.21. The number of benzene rings is 1. The van der Waals surface area contributed by atoms with Gasteiger partial charge < -0.3 is 14.5 Å². The molecular formula is C17H24N2O5S. The van der Waals surface area contributed by atoms with Gasteiger partial charge in [-0.3, -0.25) is 9.59 Å². The lowest BCUT2D eigenvalue weighted by Gasteiger charge is -2.26. The SMILES string of the molecule is COc1ccc(N(CCC(=O)N(C)C2CCS(=O)(=O)C2)C(C)=O)cc1. The maximum Gasteiger partial charge on any atom is 0.224 e. The zero-order valence-electron chi connectivity index (χ0n) is 14.8. The smallest absolute Gasteiger partial charge is 0.224 e. The predicted molar refractivity (Wildman–Crippen MR) is 95.5 cm³/mol. The van der Waals surface area contributed by atoms with Crippen LogP contribution in [0.5, 0.6) is 5.75 Å². The van der Waals surface area contributed by atoms with Gasteiger partial charge >= 0.3 is 0 Å². The third-order valence-corrected chi connectivity index (χ3v) is 6.21. The minimum absolute atomic E-state index is 0.0180. The number of carbonyl (C=O) groups is 2. The number of anilines is 1. The molecule has 0 aliphatic carbocycles. The summed E-state index contributed by atoms with van der Waals surface area (Å²) in [6.07, 6.45) is 0.609. The third kappa shape index (κ3) is 4.94. The lowest BCUT2D eigenvalue weighted by molar-refractivity contribution is -0.131. The Bertz CT molecular complexity index is 730. The molecular weight excluding hydrogens is 344 g/mol. The molecule has 0 spiro atoms. The molecule has 1 heterocycles. The summed E-state index contributed by atoms with van der Waals surface area (Å²) >= 11 is 0. The maximum absolute atomic E-state index is 12.4. The van der Waals surface area contributed by atoms with Crippen LogP contribution in [0.2, 0.25) is 0 Å². The van der Waals surface area contributed by atoms with E-state index < -0.39 is 9.84 Å². The molecule has 0 N–H and O–H groups in total. The van der Waals surface area contributed by atoms with Gasteiger partial charge in [-0.05, 0) is 30.7 Å². The standard InChI is InChI=1S/C17H24N2O5S/c1-13(20)19(14-4-6-16(24-3)7-5-14)10-8-17(21)18(2)15-9-11-25(22,23)12-15/h4-7,15H,8-12H2,1-3H3. The summed E-state index contributed by atoms with van der Waals surface area (Å²) in [5.74, 6) is 0.502. The van der Waals surface area contributed by atoms with Crippen LogP contribution in [-0.2, 0) is 19.4 Å². The van der Waals surface area contributed by atoms with Gasteiger partial charge in [0.15, 0.2) is 9.84 Å². The van der Waals surface area contributed by atoms with Crippen molar-refractivity contribution in [2.75, 3.05) is 37.1 Å². The van der Waals surface area contributed by atoms with E-state index in [9.17, 15) is 18.0 Å². The number of ether oxygens (including phenoxy) is 1. The van der Waals surface area contributed by atoms with E-state index in [1.165, 1.54) is 16.7 Å². The zero-order valence-corrected chi connectivity index (χ0v) is 15.6. The number of amides is 2. The first-order chi connectivity index (χ1) is 11.7. The Morgan fingerprint density at radius 1 is 1.24 bits per heavy atom. The van der Waals surface area contributed by atoms with Gasteiger partial charge in [0, 0.05) is 38.7 Å². The Labute approximate surface area is 148 Å². The van der Waals surface area contributed by atoms with E-state index in [0.717, 1.165) is 0 Å². The van der Waals surface area contributed by atoms with Crippen molar-refractivity contribution in [1.29, 1.82) is 0 Å². The van der Waals surface area contributed by atoms with Gasteiger partial charge in [-0.25, -0.2) is 8.42 Å². The highest BCUT2D eigenvalue weighted by molar-refractivity contribution is 7.91. The number of hydrogen-bond acceptors (Lipinski definition) is 5. The fourth-order valence-electron chi connectivity index (χ4n) is 2.90. The van der Waals surface area contributed by atoms with Gasteiger partial charge in [0.05, 0.1) is 18.6 Å². The number of sulfone groups is 1. The van der Waals surface area contributed by atoms with E-state index >= 15 is 0 Å². The molecule has 8 heteroatoms. The van der Waals surface area contributed by atoms with Crippen LogP contribution in [0.3, 0.4) is 0 Å². The van der Waals surface area contributed by atoms with Crippen LogP contribution in [0.1, 0.15) is 19.8 Å². The number of nitrogens with zero attached hydrogens (tertiary/aromatic N) is 2. The highest BCUT2D eigenvalue weighted by Gasteiger charge is 2.32. The van der Waals surface area contributed by atoms with Crippen molar-refractivity contribution in [3.8, 4) is 5.75 Å². The first-order valence-corrected chi connectivity index (χ1v) is 9.94. The van der Waals surface area contributed by atoms with Crippen LogP contribution in [-0.4, -0.2) is 63.4 Å². The van der Waals surface area contributed by atoms with Gasteiger partial charge in [0.25, 0.3) is 0 Å². The third-order valence-electron chi connectivity index (χ3n) is 4.46. The molecule has 0 saturated carbocycles. The lowest BCUT2D eigenvalue weighted by atomic mass is 10.2. The van der Waals surface area contributed by atoms with E-state index in [1.807, 2.05) is 0 Å². The van der Waals surface area contributed by atoms with E-state index in [0.29, 0.717) is 17.9 Å². The average Bonchev–Trinajstić information content (AvgIpc) is 2.94. The second-order valence-electron chi connectivity index (χ2n) is 6.18. The second-order valence-corrected chi connectivity index (χ2v) is 8.41. The lowest BCUT2D eigenvalue weighted by Crippen LogP contribution is -2.40. The maximum atomic E-state index is 12.4. The molecule has 1 aliphatic rings. The summed E-state index contributed by atoms with van der Waals surface area (Å²) in [5.41, 5.74) is 0.687. The van der Waals surface area contributed by atoms with Gasteiger partial charge in [-0.2, -0.15) is 0 Å². The summed E-state index contributed by atoms with van der Waals surface area (Å²) in [6.45, 7) is 1.69. The van der Waals surface area contributed by atoms with Gasteiger partial charge in [-0.1, -0.05) is 0 Å². The number of carbonyl (C=O) groups excluding carboxylic acids is 2. The van der Waals surface area contributed by atoms with Crippen LogP contribution >= 0.6 is 0 Å². The second kappa shape index (κ2) is 7.86. The van der Waals surface area contributed by atoms with Gasteiger partial charge in [-0.15, -0.1) is 0 Å². The fraction of sp³-hybridized carbons (Fsp3) is 0.529. The average molecular weight is 368 g/mol. The highest BCUT2D eigenvalue weighted by atomic mass is 32.2. The van der Waals surface area contributed by atoms with Crippen molar-refractivity contribution in [3.05, 3.63) is 24.3 Å². The van der Waals surface area contributed by atoms with E-state index in [-0.39, 0.29) is 42.3 Å². The molecule has 1 atom stereocenters. The molecule has 1 unspecified atom stereocenters. The van der Waals surface area contributed by atoms with Crippen molar-refractivity contribution >= 4 is 27.3 Å². The minimum Gasteiger partial charge on any atom is -0.497 e. The first-order valence-electron chi connectivity index (χ1n) is 8.12. The van der Waals surface area contributed by atoms with Crippen LogP contribution in [0.4, 0.5) is 5.69 Å². The van der Waals surface area contributed by atoms with Crippen molar-refractivity contribution < 1.29 is 22.7 Å². The quantitative estimate of drug-likeness (QED) is 0.750.